The second kappa shape index (κ2) is 9.23. The van der Waals surface area contributed by atoms with Gasteiger partial charge in [-0.3, -0.25) is 4.79 Å². The van der Waals surface area contributed by atoms with Crippen molar-refractivity contribution >= 4 is 5.91 Å². The number of aliphatic hydroxyl groups is 1. The predicted molar refractivity (Wildman–Crippen MR) is 128 cm³/mol. The Kier molecular flexibility index (Phi) is 7.22. The summed E-state index contributed by atoms with van der Waals surface area (Å²) in [6.45, 7) is 16.7. The quantitative estimate of drug-likeness (QED) is 0.668. The van der Waals surface area contributed by atoms with E-state index in [-0.39, 0.29) is 23.8 Å². The zero-order chi connectivity index (χ0) is 22.9. The highest BCUT2D eigenvalue weighted by Crippen LogP contribution is 2.49. The van der Waals surface area contributed by atoms with E-state index >= 15 is 0 Å². The molecular weight excluding hydrogens is 384 g/mol. The van der Waals surface area contributed by atoms with Crippen LogP contribution >= 0.6 is 0 Å². The summed E-state index contributed by atoms with van der Waals surface area (Å²) in [6, 6.07) is 8.98. The molecule has 1 amide bonds. The van der Waals surface area contributed by atoms with Crippen LogP contribution in [0.25, 0.3) is 0 Å². The molecule has 1 spiro atoms. The molecule has 0 unspecified atom stereocenters. The van der Waals surface area contributed by atoms with E-state index in [2.05, 4.69) is 56.9 Å². The molecule has 1 N–H and O–H groups in total. The number of carbonyl (C=O) groups is 1. The van der Waals surface area contributed by atoms with E-state index in [0.717, 1.165) is 12.8 Å². The van der Waals surface area contributed by atoms with Crippen LogP contribution in [0, 0.1) is 5.41 Å². The number of rotatable bonds is 6. The number of benzene rings is 1. The van der Waals surface area contributed by atoms with Crippen molar-refractivity contribution in [2.75, 3.05) is 26.2 Å². The van der Waals surface area contributed by atoms with E-state index in [1.165, 1.54) is 50.0 Å². The van der Waals surface area contributed by atoms with Gasteiger partial charge in [0.15, 0.2) is 0 Å². The van der Waals surface area contributed by atoms with E-state index < -0.39 is 5.60 Å². The highest BCUT2D eigenvalue weighted by Gasteiger charge is 2.43. The van der Waals surface area contributed by atoms with Crippen LogP contribution in [0.3, 0.4) is 0 Å². The normalized spacial score (nSPS) is 21.7. The Labute approximate surface area is 190 Å². The molecule has 1 aromatic rings. The maximum atomic E-state index is 13.0. The molecule has 3 rings (SSSR count). The van der Waals surface area contributed by atoms with Gasteiger partial charge in [0.25, 0.3) is 0 Å². The number of hydrogen-bond acceptors (Lipinski definition) is 3. The minimum Gasteiger partial charge on any atom is -0.390 e. The van der Waals surface area contributed by atoms with Crippen molar-refractivity contribution in [1.82, 2.24) is 9.80 Å². The van der Waals surface area contributed by atoms with E-state index in [1.54, 1.807) is 13.8 Å². The Hall–Kier alpha value is -1.39. The maximum absolute atomic E-state index is 13.0. The van der Waals surface area contributed by atoms with Crippen molar-refractivity contribution in [2.45, 2.75) is 97.1 Å². The molecule has 2 aliphatic rings. The van der Waals surface area contributed by atoms with Crippen molar-refractivity contribution in [3.05, 3.63) is 35.4 Å². The van der Waals surface area contributed by atoms with Crippen LogP contribution in [0.5, 0.6) is 0 Å². The molecular formula is C27H44N2O2. The van der Waals surface area contributed by atoms with Gasteiger partial charge in [-0.25, -0.2) is 0 Å². The lowest BCUT2D eigenvalue weighted by Gasteiger charge is -2.49. The fourth-order valence-corrected chi connectivity index (χ4v) is 5.56. The van der Waals surface area contributed by atoms with Gasteiger partial charge in [-0.1, -0.05) is 45.0 Å². The lowest BCUT2D eigenvalue weighted by molar-refractivity contribution is -0.138. The van der Waals surface area contributed by atoms with Crippen LogP contribution in [-0.2, 0) is 10.2 Å². The molecule has 174 valence electrons. The molecule has 1 fully saturated rings. The molecule has 1 atom stereocenters. The smallest absolute Gasteiger partial charge is 0.225 e. The summed E-state index contributed by atoms with van der Waals surface area (Å²) in [5.74, 6) is 0.0581. The van der Waals surface area contributed by atoms with Gasteiger partial charge in [-0.05, 0) is 94.5 Å². The Bertz CT molecular complexity index is 751. The number of likely N-dealkylation sites (tertiary alicyclic amines) is 1. The topological polar surface area (TPSA) is 43.8 Å². The number of hydrogen-bond donors (Lipinski definition) is 1. The predicted octanol–water partition coefficient (Wildman–Crippen LogP) is 5.30. The zero-order valence-corrected chi connectivity index (χ0v) is 20.7. The maximum Gasteiger partial charge on any atom is 0.225 e. The molecule has 0 radical (unpaired) electrons. The molecule has 1 aliphatic heterocycles. The first-order valence-electron chi connectivity index (χ1n) is 12.3. The Morgan fingerprint density at radius 1 is 1.13 bits per heavy atom. The first-order chi connectivity index (χ1) is 14.4. The van der Waals surface area contributed by atoms with Gasteiger partial charge < -0.3 is 14.9 Å². The Balaban J connectivity index is 1.77. The third kappa shape index (κ3) is 5.90. The van der Waals surface area contributed by atoms with Gasteiger partial charge in [-0.2, -0.15) is 0 Å². The van der Waals surface area contributed by atoms with Gasteiger partial charge in [-0.15, -0.1) is 0 Å². The van der Waals surface area contributed by atoms with Gasteiger partial charge in [0, 0.05) is 6.54 Å². The SMILES string of the molecule is CCN(C(=O)CC(C)(C)O)[C@H]1CCC2(CCN(CCC(C)(C)C)CC2)c2ccccc21. The molecule has 1 heterocycles. The minimum absolute atomic E-state index is 0.0581. The van der Waals surface area contributed by atoms with Gasteiger partial charge in [0.1, 0.15) is 0 Å². The summed E-state index contributed by atoms with van der Waals surface area (Å²) in [7, 11) is 0. The second-order valence-corrected chi connectivity index (χ2v) is 11.7. The van der Waals surface area contributed by atoms with Crippen molar-refractivity contribution in [3.63, 3.8) is 0 Å². The van der Waals surface area contributed by atoms with Crippen LogP contribution in [0.15, 0.2) is 24.3 Å². The summed E-state index contributed by atoms with van der Waals surface area (Å²) in [5, 5.41) is 10.2. The Morgan fingerprint density at radius 2 is 1.77 bits per heavy atom. The van der Waals surface area contributed by atoms with Crippen molar-refractivity contribution < 1.29 is 9.90 Å². The summed E-state index contributed by atoms with van der Waals surface area (Å²) in [6.07, 6.45) is 6.01. The molecule has 1 aromatic carbocycles. The van der Waals surface area contributed by atoms with Gasteiger partial charge in [0.2, 0.25) is 5.91 Å². The van der Waals surface area contributed by atoms with Gasteiger partial charge >= 0.3 is 0 Å². The van der Waals surface area contributed by atoms with Crippen molar-refractivity contribution in [2.24, 2.45) is 5.41 Å². The monoisotopic (exact) mass is 428 g/mol. The molecule has 1 saturated heterocycles. The van der Waals surface area contributed by atoms with E-state index in [9.17, 15) is 9.90 Å². The number of fused-ring (bicyclic) bond motifs is 2. The molecule has 0 saturated carbocycles. The fraction of sp³-hybridized carbons (Fsp3) is 0.741. The third-order valence-electron chi connectivity index (χ3n) is 7.40. The lowest BCUT2D eigenvalue weighted by atomic mass is 9.63. The molecule has 31 heavy (non-hydrogen) atoms. The van der Waals surface area contributed by atoms with E-state index in [1.807, 2.05) is 4.90 Å². The van der Waals surface area contributed by atoms with E-state index in [0.29, 0.717) is 12.0 Å². The van der Waals surface area contributed by atoms with Crippen molar-refractivity contribution in [1.29, 1.82) is 0 Å². The number of amides is 1. The average molecular weight is 429 g/mol. The van der Waals surface area contributed by atoms with Crippen LogP contribution in [0.4, 0.5) is 0 Å². The molecule has 0 aromatic heterocycles. The lowest BCUT2D eigenvalue weighted by Crippen LogP contribution is -2.48. The Morgan fingerprint density at radius 3 is 2.35 bits per heavy atom. The van der Waals surface area contributed by atoms with Crippen LogP contribution < -0.4 is 0 Å². The number of piperidine rings is 1. The number of carbonyl (C=O) groups excluding carboxylic acids is 1. The molecule has 1 aliphatic carbocycles. The molecule has 4 nitrogen and oxygen atoms in total. The first kappa shape index (κ1) is 24.3. The fourth-order valence-electron chi connectivity index (χ4n) is 5.56. The highest BCUT2D eigenvalue weighted by molar-refractivity contribution is 5.78. The van der Waals surface area contributed by atoms with Crippen LogP contribution in [0.1, 0.15) is 97.2 Å². The molecule has 4 heteroatoms. The van der Waals surface area contributed by atoms with Gasteiger partial charge in [0.05, 0.1) is 18.1 Å². The summed E-state index contributed by atoms with van der Waals surface area (Å²) in [4.78, 5) is 17.7. The number of nitrogens with zero attached hydrogens (tertiary/aromatic N) is 2. The third-order valence-corrected chi connectivity index (χ3v) is 7.40. The second-order valence-electron chi connectivity index (χ2n) is 11.7. The summed E-state index contributed by atoms with van der Waals surface area (Å²) < 4.78 is 0. The zero-order valence-electron chi connectivity index (χ0n) is 20.7. The van der Waals surface area contributed by atoms with Crippen LogP contribution in [0.2, 0.25) is 0 Å². The largest absolute Gasteiger partial charge is 0.390 e. The first-order valence-corrected chi connectivity index (χ1v) is 12.3. The molecule has 0 bridgehead atoms. The van der Waals surface area contributed by atoms with E-state index in [4.69, 9.17) is 0 Å². The standard InChI is InChI=1S/C27H44N2O2/c1-7-29(24(30)20-26(5,6)31)23-12-13-27(22-11-9-8-10-21(22)23)15-18-28(19-16-27)17-14-25(2,3)4/h8-11,23,31H,7,12-20H2,1-6H3/t23-/m0/s1. The average Bonchev–Trinajstić information content (AvgIpc) is 2.68. The minimum atomic E-state index is -0.972. The highest BCUT2D eigenvalue weighted by atomic mass is 16.3. The van der Waals surface area contributed by atoms with Crippen LogP contribution in [-0.4, -0.2) is 52.6 Å². The summed E-state index contributed by atoms with van der Waals surface area (Å²) >= 11 is 0. The summed E-state index contributed by atoms with van der Waals surface area (Å²) in [5.41, 5.74) is 2.47. The van der Waals surface area contributed by atoms with Crippen molar-refractivity contribution in [3.8, 4) is 0 Å².